The number of nitrogens with zero attached hydrogens (tertiary/aromatic N) is 3. The van der Waals surface area contributed by atoms with Crippen LogP contribution in [0.3, 0.4) is 0 Å². The van der Waals surface area contributed by atoms with Crippen molar-refractivity contribution in [2.75, 3.05) is 45.4 Å². The van der Waals surface area contributed by atoms with Gasteiger partial charge >= 0.3 is 0 Å². The van der Waals surface area contributed by atoms with Crippen LogP contribution in [0.4, 0.5) is 5.82 Å². The average Bonchev–Trinajstić information content (AvgIpc) is 2.47. The molecule has 0 bridgehead atoms. The van der Waals surface area contributed by atoms with E-state index in [4.69, 9.17) is 9.47 Å². The van der Waals surface area contributed by atoms with Crippen molar-refractivity contribution in [3.05, 3.63) is 29.0 Å². The molecule has 6 heteroatoms. The molecule has 0 atom stereocenters. The van der Waals surface area contributed by atoms with Crippen molar-refractivity contribution < 1.29 is 9.47 Å². The minimum atomic E-state index is 0.608. The lowest BCUT2D eigenvalue weighted by Gasteiger charge is -2.19. The SMILES string of the molecule is COCCOCCN(C)c1ncc(Br)c2cccnc12. The molecule has 108 valence electrons. The molecule has 0 aliphatic heterocycles. The zero-order valence-electron chi connectivity index (χ0n) is 11.7. The topological polar surface area (TPSA) is 47.5 Å². The number of ether oxygens (including phenoxy) is 2. The van der Waals surface area contributed by atoms with Gasteiger partial charge in [0.2, 0.25) is 0 Å². The molecule has 0 aromatic carbocycles. The molecule has 0 aliphatic rings. The monoisotopic (exact) mass is 339 g/mol. The first-order valence-corrected chi connectivity index (χ1v) is 7.20. The van der Waals surface area contributed by atoms with Gasteiger partial charge in [-0.1, -0.05) is 0 Å². The van der Waals surface area contributed by atoms with Gasteiger partial charge in [0.05, 0.1) is 19.8 Å². The zero-order valence-corrected chi connectivity index (χ0v) is 13.3. The molecule has 2 heterocycles. The van der Waals surface area contributed by atoms with Crippen molar-refractivity contribution >= 4 is 32.7 Å². The molecular formula is C14H18BrN3O2. The molecule has 0 unspecified atom stereocenters. The van der Waals surface area contributed by atoms with Crippen LogP contribution in [0.1, 0.15) is 0 Å². The molecule has 20 heavy (non-hydrogen) atoms. The molecule has 0 N–H and O–H groups in total. The lowest BCUT2D eigenvalue weighted by atomic mass is 10.2. The quantitative estimate of drug-likeness (QED) is 0.725. The van der Waals surface area contributed by atoms with Crippen LogP contribution in [0.15, 0.2) is 29.0 Å². The highest BCUT2D eigenvalue weighted by atomic mass is 79.9. The van der Waals surface area contributed by atoms with Gasteiger partial charge in [0.1, 0.15) is 5.52 Å². The molecule has 0 radical (unpaired) electrons. The Bertz CT molecular complexity index is 565. The number of anilines is 1. The number of aromatic nitrogens is 2. The van der Waals surface area contributed by atoms with Gasteiger partial charge in [-0.3, -0.25) is 4.98 Å². The lowest BCUT2D eigenvalue weighted by molar-refractivity contribution is 0.0743. The molecule has 2 aromatic heterocycles. The number of fused-ring (bicyclic) bond motifs is 1. The Balaban J connectivity index is 2.06. The number of halogens is 1. The first-order chi connectivity index (χ1) is 9.74. The zero-order chi connectivity index (χ0) is 14.4. The van der Waals surface area contributed by atoms with E-state index in [1.807, 2.05) is 25.4 Å². The molecular weight excluding hydrogens is 322 g/mol. The Morgan fingerprint density at radius 3 is 2.90 bits per heavy atom. The second-order valence-electron chi connectivity index (χ2n) is 4.36. The Morgan fingerprint density at radius 1 is 1.25 bits per heavy atom. The van der Waals surface area contributed by atoms with E-state index < -0.39 is 0 Å². The minimum absolute atomic E-state index is 0.608. The predicted octanol–water partition coefficient (Wildman–Crippen LogP) is 2.49. The van der Waals surface area contributed by atoms with E-state index in [0.717, 1.165) is 27.7 Å². The average molecular weight is 340 g/mol. The normalized spacial score (nSPS) is 10.9. The van der Waals surface area contributed by atoms with Crippen LogP contribution in [-0.2, 0) is 9.47 Å². The van der Waals surface area contributed by atoms with Crippen molar-refractivity contribution in [2.45, 2.75) is 0 Å². The number of hydrogen-bond donors (Lipinski definition) is 0. The van der Waals surface area contributed by atoms with Gasteiger partial charge in [0, 0.05) is 43.0 Å². The predicted molar refractivity (Wildman–Crippen MR) is 83.2 cm³/mol. The maximum atomic E-state index is 5.48. The molecule has 0 amide bonds. The third-order valence-corrected chi connectivity index (χ3v) is 3.57. The number of pyridine rings is 2. The fourth-order valence-corrected chi connectivity index (χ4v) is 2.28. The Kier molecular flexibility index (Phi) is 5.70. The molecule has 0 saturated heterocycles. The van der Waals surface area contributed by atoms with Gasteiger partial charge in [-0.25, -0.2) is 4.98 Å². The fourth-order valence-electron chi connectivity index (χ4n) is 1.86. The van der Waals surface area contributed by atoms with Crippen molar-refractivity contribution in [1.29, 1.82) is 0 Å². The molecule has 2 rings (SSSR count). The summed E-state index contributed by atoms with van der Waals surface area (Å²) in [6, 6.07) is 3.95. The van der Waals surface area contributed by atoms with Crippen LogP contribution >= 0.6 is 15.9 Å². The molecule has 0 spiro atoms. The van der Waals surface area contributed by atoms with E-state index in [0.29, 0.717) is 19.8 Å². The van der Waals surface area contributed by atoms with Gasteiger partial charge in [-0.15, -0.1) is 0 Å². The highest BCUT2D eigenvalue weighted by Crippen LogP contribution is 2.27. The summed E-state index contributed by atoms with van der Waals surface area (Å²) in [5.41, 5.74) is 0.890. The Morgan fingerprint density at radius 2 is 2.10 bits per heavy atom. The van der Waals surface area contributed by atoms with Crippen LogP contribution in [0.25, 0.3) is 10.9 Å². The van der Waals surface area contributed by atoms with Gasteiger partial charge in [-0.05, 0) is 28.1 Å². The summed E-state index contributed by atoms with van der Waals surface area (Å²) in [5.74, 6) is 0.860. The van der Waals surface area contributed by atoms with Crippen molar-refractivity contribution in [1.82, 2.24) is 9.97 Å². The molecule has 0 aliphatic carbocycles. The largest absolute Gasteiger partial charge is 0.382 e. The second kappa shape index (κ2) is 7.52. The Labute approximate surface area is 127 Å². The summed E-state index contributed by atoms with van der Waals surface area (Å²) in [6.07, 6.45) is 3.59. The molecule has 0 fully saturated rings. The van der Waals surface area contributed by atoms with E-state index in [9.17, 15) is 0 Å². The van der Waals surface area contributed by atoms with Crippen LogP contribution < -0.4 is 4.90 Å². The van der Waals surface area contributed by atoms with E-state index >= 15 is 0 Å². The van der Waals surface area contributed by atoms with Gasteiger partial charge in [-0.2, -0.15) is 0 Å². The number of likely N-dealkylation sites (N-methyl/N-ethyl adjacent to an activating group) is 1. The number of methoxy groups -OCH3 is 1. The van der Waals surface area contributed by atoms with Crippen molar-refractivity contribution in [3.8, 4) is 0 Å². The Hall–Kier alpha value is -1.24. The highest BCUT2D eigenvalue weighted by molar-refractivity contribution is 9.10. The maximum Gasteiger partial charge on any atom is 0.155 e. The minimum Gasteiger partial charge on any atom is -0.382 e. The summed E-state index contributed by atoms with van der Waals surface area (Å²) in [5, 5.41) is 1.06. The summed E-state index contributed by atoms with van der Waals surface area (Å²) < 4.78 is 11.4. The van der Waals surface area contributed by atoms with Crippen LogP contribution in [0.5, 0.6) is 0 Å². The van der Waals surface area contributed by atoms with Gasteiger partial charge in [0.25, 0.3) is 0 Å². The molecule has 0 saturated carbocycles. The maximum absolute atomic E-state index is 5.48. The first-order valence-electron chi connectivity index (χ1n) is 6.41. The van der Waals surface area contributed by atoms with E-state index in [-0.39, 0.29) is 0 Å². The van der Waals surface area contributed by atoms with Crippen LogP contribution in [-0.4, -0.2) is 50.5 Å². The summed E-state index contributed by atoms with van der Waals surface area (Å²) >= 11 is 3.50. The van der Waals surface area contributed by atoms with Crippen molar-refractivity contribution in [2.24, 2.45) is 0 Å². The number of hydrogen-bond acceptors (Lipinski definition) is 5. The second-order valence-corrected chi connectivity index (χ2v) is 5.21. The third-order valence-electron chi connectivity index (χ3n) is 2.94. The summed E-state index contributed by atoms with van der Waals surface area (Å²) in [6.45, 7) is 2.61. The van der Waals surface area contributed by atoms with E-state index in [1.54, 1.807) is 13.3 Å². The van der Waals surface area contributed by atoms with E-state index in [2.05, 4.69) is 30.8 Å². The van der Waals surface area contributed by atoms with Gasteiger partial charge < -0.3 is 14.4 Å². The standard InChI is InChI=1S/C14H18BrN3O2/c1-18(6-7-20-9-8-19-2)14-13-11(4-3-5-16-13)12(15)10-17-14/h3-5,10H,6-9H2,1-2H3. The summed E-state index contributed by atoms with van der Waals surface area (Å²) in [4.78, 5) is 10.9. The van der Waals surface area contributed by atoms with Crippen LogP contribution in [0.2, 0.25) is 0 Å². The van der Waals surface area contributed by atoms with E-state index in [1.165, 1.54) is 0 Å². The first kappa shape index (κ1) is 15.2. The molecule has 2 aromatic rings. The summed E-state index contributed by atoms with van der Waals surface area (Å²) in [7, 11) is 3.66. The number of rotatable bonds is 7. The van der Waals surface area contributed by atoms with Crippen molar-refractivity contribution in [3.63, 3.8) is 0 Å². The fraction of sp³-hybridized carbons (Fsp3) is 0.429. The third kappa shape index (κ3) is 3.65. The smallest absolute Gasteiger partial charge is 0.155 e. The highest BCUT2D eigenvalue weighted by Gasteiger charge is 2.10. The van der Waals surface area contributed by atoms with Crippen LogP contribution in [0, 0.1) is 0 Å². The lowest BCUT2D eigenvalue weighted by Crippen LogP contribution is -2.24. The molecule has 5 nitrogen and oxygen atoms in total. The van der Waals surface area contributed by atoms with Gasteiger partial charge in [0.15, 0.2) is 5.82 Å².